The molecule has 0 aliphatic heterocycles. The molecule has 0 aliphatic rings. The van der Waals surface area contributed by atoms with Crippen LogP contribution in [0, 0.1) is 0 Å². The van der Waals surface area contributed by atoms with Crippen LogP contribution in [0.15, 0.2) is 42.9 Å². The predicted molar refractivity (Wildman–Crippen MR) is 96.1 cm³/mol. The van der Waals surface area contributed by atoms with Crippen molar-refractivity contribution in [1.29, 1.82) is 0 Å². The number of nitrogens with one attached hydrogen (secondary N) is 1. The fourth-order valence-electron chi connectivity index (χ4n) is 2.50. The zero-order valence-electron chi connectivity index (χ0n) is 14.3. The zero-order chi connectivity index (χ0) is 16.6. The molecule has 0 radical (unpaired) electrons. The van der Waals surface area contributed by atoms with Crippen molar-refractivity contribution in [3.8, 4) is 11.3 Å². The number of benzene rings is 1. The highest BCUT2D eigenvalue weighted by atomic mass is 15.2. The number of rotatable bonds is 3. The van der Waals surface area contributed by atoms with E-state index in [1.807, 2.05) is 24.7 Å². The van der Waals surface area contributed by atoms with Crippen molar-refractivity contribution < 1.29 is 0 Å². The van der Waals surface area contributed by atoms with Crippen LogP contribution in [0.4, 0.5) is 11.5 Å². The van der Waals surface area contributed by atoms with Crippen molar-refractivity contribution in [3.05, 3.63) is 42.9 Å². The Hall–Kier alpha value is -2.56. The molecule has 0 fully saturated rings. The lowest BCUT2D eigenvalue weighted by molar-refractivity contribution is 0.629. The minimum absolute atomic E-state index is 0.0580. The molecule has 0 amide bonds. The summed E-state index contributed by atoms with van der Waals surface area (Å²) in [5.41, 5.74) is 3.98. The van der Waals surface area contributed by atoms with E-state index < -0.39 is 0 Å². The van der Waals surface area contributed by atoms with Gasteiger partial charge in [-0.05, 0) is 32.9 Å². The van der Waals surface area contributed by atoms with E-state index >= 15 is 0 Å². The van der Waals surface area contributed by atoms with E-state index in [4.69, 9.17) is 4.98 Å². The summed E-state index contributed by atoms with van der Waals surface area (Å²) in [5, 5.41) is 3.57. The van der Waals surface area contributed by atoms with Crippen LogP contribution in [-0.2, 0) is 0 Å². The average molecular weight is 309 g/mol. The largest absolute Gasteiger partial charge is 0.378 e. The molecule has 3 aromatic rings. The van der Waals surface area contributed by atoms with Crippen molar-refractivity contribution in [2.75, 3.05) is 24.3 Å². The van der Waals surface area contributed by atoms with Crippen molar-refractivity contribution >= 4 is 17.2 Å². The van der Waals surface area contributed by atoms with Gasteiger partial charge in [0.1, 0.15) is 11.5 Å². The van der Waals surface area contributed by atoms with Crippen molar-refractivity contribution in [1.82, 2.24) is 14.4 Å². The molecule has 1 aromatic carbocycles. The molecule has 0 aliphatic carbocycles. The molecular weight excluding hydrogens is 286 g/mol. The Morgan fingerprint density at radius 2 is 1.78 bits per heavy atom. The van der Waals surface area contributed by atoms with Gasteiger partial charge in [0.15, 0.2) is 5.65 Å². The SMILES string of the molecule is CN(C)c1ccc(-c2nc3cnccn3c2NC(C)(C)C)cc1. The molecule has 0 bridgehead atoms. The van der Waals surface area contributed by atoms with Crippen LogP contribution in [0.1, 0.15) is 20.8 Å². The number of hydrogen-bond donors (Lipinski definition) is 1. The smallest absolute Gasteiger partial charge is 0.157 e. The second-order valence-electron chi connectivity index (χ2n) is 6.93. The molecule has 0 unspecified atom stereocenters. The fourth-order valence-corrected chi connectivity index (χ4v) is 2.50. The minimum Gasteiger partial charge on any atom is -0.378 e. The second-order valence-corrected chi connectivity index (χ2v) is 6.93. The van der Waals surface area contributed by atoms with Gasteiger partial charge in [-0.15, -0.1) is 0 Å². The molecule has 1 N–H and O–H groups in total. The number of nitrogens with zero attached hydrogens (tertiary/aromatic N) is 4. The zero-order valence-corrected chi connectivity index (χ0v) is 14.3. The van der Waals surface area contributed by atoms with E-state index in [-0.39, 0.29) is 5.54 Å². The van der Waals surface area contributed by atoms with Gasteiger partial charge in [0, 0.05) is 43.3 Å². The molecule has 0 saturated carbocycles. The second kappa shape index (κ2) is 5.57. The number of imidazole rings is 1. The molecule has 2 aromatic heterocycles. The third-order valence-corrected chi connectivity index (χ3v) is 3.58. The van der Waals surface area contributed by atoms with Gasteiger partial charge in [0.25, 0.3) is 0 Å². The summed E-state index contributed by atoms with van der Waals surface area (Å²) in [6.45, 7) is 6.44. The van der Waals surface area contributed by atoms with E-state index in [2.05, 4.69) is 60.2 Å². The summed E-state index contributed by atoms with van der Waals surface area (Å²) in [6, 6.07) is 8.44. The van der Waals surface area contributed by atoms with Crippen LogP contribution >= 0.6 is 0 Å². The Morgan fingerprint density at radius 3 is 2.39 bits per heavy atom. The standard InChI is InChI=1S/C18H23N5/c1-18(2,3)21-17-16(20-15-12-19-10-11-23(15)17)13-6-8-14(9-7-13)22(4)5/h6-12,21H,1-5H3. The molecule has 23 heavy (non-hydrogen) atoms. The van der Waals surface area contributed by atoms with Gasteiger partial charge in [0.05, 0.1) is 6.20 Å². The lowest BCUT2D eigenvalue weighted by Crippen LogP contribution is -2.27. The Labute approximate surface area is 137 Å². The summed E-state index contributed by atoms with van der Waals surface area (Å²) >= 11 is 0. The van der Waals surface area contributed by atoms with Crippen molar-refractivity contribution in [2.45, 2.75) is 26.3 Å². The molecule has 5 heteroatoms. The molecule has 3 rings (SSSR count). The Morgan fingerprint density at radius 1 is 1.09 bits per heavy atom. The number of fused-ring (bicyclic) bond motifs is 1. The number of hydrogen-bond acceptors (Lipinski definition) is 4. The molecule has 0 spiro atoms. The highest BCUT2D eigenvalue weighted by molar-refractivity contribution is 5.77. The highest BCUT2D eigenvalue weighted by Crippen LogP contribution is 2.31. The number of aromatic nitrogens is 3. The van der Waals surface area contributed by atoms with Crippen molar-refractivity contribution in [2.24, 2.45) is 0 Å². The Kier molecular flexibility index (Phi) is 3.72. The van der Waals surface area contributed by atoms with Crippen LogP contribution in [0.3, 0.4) is 0 Å². The normalized spacial score (nSPS) is 11.7. The summed E-state index contributed by atoms with van der Waals surface area (Å²) in [4.78, 5) is 11.0. The number of anilines is 2. The molecule has 0 atom stereocenters. The Bertz CT molecular complexity index is 810. The van der Waals surface area contributed by atoms with Crippen LogP contribution in [0.25, 0.3) is 16.9 Å². The van der Waals surface area contributed by atoms with Gasteiger partial charge in [-0.3, -0.25) is 9.38 Å². The monoisotopic (exact) mass is 309 g/mol. The summed E-state index contributed by atoms with van der Waals surface area (Å²) < 4.78 is 2.05. The summed E-state index contributed by atoms with van der Waals surface area (Å²) in [7, 11) is 4.08. The quantitative estimate of drug-likeness (QED) is 0.802. The molecule has 5 nitrogen and oxygen atoms in total. The molecular formula is C18H23N5. The van der Waals surface area contributed by atoms with E-state index in [0.717, 1.165) is 22.7 Å². The minimum atomic E-state index is -0.0580. The molecule has 0 saturated heterocycles. The Balaban J connectivity index is 2.14. The van der Waals surface area contributed by atoms with Gasteiger partial charge in [-0.2, -0.15) is 0 Å². The van der Waals surface area contributed by atoms with Crippen LogP contribution in [-0.4, -0.2) is 34.0 Å². The lowest BCUT2D eigenvalue weighted by Gasteiger charge is -2.22. The predicted octanol–water partition coefficient (Wildman–Crippen LogP) is 3.67. The third-order valence-electron chi connectivity index (χ3n) is 3.58. The van der Waals surface area contributed by atoms with Crippen LogP contribution in [0.2, 0.25) is 0 Å². The fraction of sp³-hybridized carbons (Fsp3) is 0.333. The maximum absolute atomic E-state index is 4.77. The first-order valence-corrected chi connectivity index (χ1v) is 7.73. The highest BCUT2D eigenvalue weighted by Gasteiger charge is 2.19. The summed E-state index contributed by atoms with van der Waals surface area (Å²) in [5.74, 6) is 0.993. The first-order chi connectivity index (χ1) is 10.8. The maximum atomic E-state index is 4.77. The van der Waals surface area contributed by atoms with Gasteiger partial charge in [0.2, 0.25) is 0 Å². The van der Waals surface area contributed by atoms with E-state index in [1.54, 1.807) is 12.4 Å². The summed E-state index contributed by atoms with van der Waals surface area (Å²) in [6.07, 6.45) is 5.50. The van der Waals surface area contributed by atoms with Gasteiger partial charge in [-0.1, -0.05) is 12.1 Å². The maximum Gasteiger partial charge on any atom is 0.157 e. The van der Waals surface area contributed by atoms with Gasteiger partial charge >= 0.3 is 0 Å². The first-order valence-electron chi connectivity index (χ1n) is 7.73. The van der Waals surface area contributed by atoms with Gasteiger partial charge < -0.3 is 10.2 Å². The van der Waals surface area contributed by atoms with Crippen molar-refractivity contribution in [3.63, 3.8) is 0 Å². The molecule has 120 valence electrons. The van der Waals surface area contributed by atoms with E-state index in [0.29, 0.717) is 0 Å². The lowest BCUT2D eigenvalue weighted by atomic mass is 10.1. The van der Waals surface area contributed by atoms with E-state index in [1.165, 1.54) is 5.69 Å². The van der Waals surface area contributed by atoms with Crippen LogP contribution in [0.5, 0.6) is 0 Å². The van der Waals surface area contributed by atoms with E-state index in [9.17, 15) is 0 Å². The van der Waals surface area contributed by atoms with Gasteiger partial charge in [-0.25, -0.2) is 4.98 Å². The topological polar surface area (TPSA) is 45.5 Å². The average Bonchev–Trinajstić information content (AvgIpc) is 2.84. The van der Waals surface area contributed by atoms with Crippen LogP contribution < -0.4 is 10.2 Å². The third kappa shape index (κ3) is 3.13. The first kappa shape index (κ1) is 15.3. The molecule has 2 heterocycles.